The van der Waals surface area contributed by atoms with Gasteiger partial charge in [0.15, 0.2) is 0 Å². The lowest BCUT2D eigenvalue weighted by Crippen LogP contribution is -2.32. The smallest absolute Gasteiger partial charge is 0.0705 e. The lowest BCUT2D eigenvalue weighted by molar-refractivity contribution is 0.173. The predicted octanol–water partition coefficient (Wildman–Crippen LogP) is 6.22. The molecule has 0 unspecified atom stereocenters. The SMILES string of the molecule is [2H]C([2H])([2H])c1ccc(-c2cc(C3(C)CCC(C)(C)CC3)c(C([2H])([2H])[2H])cn2)cc1. The summed E-state index contributed by atoms with van der Waals surface area (Å²) < 4.78 is 46.6. The maximum atomic E-state index is 8.00. The van der Waals surface area contributed by atoms with Crippen LogP contribution in [-0.4, -0.2) is 4.98 Å². The zero-order valence-corrected chi connectivity index (χ0v) is 14.2. The van der Waals surface area contributed by atoms with Crippen molar-refractivity contribution in [3.8, 4) is 11.3 Å². The van der Waals surface area contributed by atoms with Crippen LogP contribution in [0.25, 0.3) is 11.3 Å². The number of nitrogens with zero attached hydrogens (tertiary/aromatic N) is 1. The van der Waals surface area contributed by atoms with E-state index in [1.807, 2.05) is 6.07 Å². The van der Waals surface area contributed by atoms with Gasteiger partial charge in [-0.15, -0.1) is 0 Å². The second-order valence-corrected chi connectivity index (χ2v) is 7.92. The van der Waals surface area contributed by atoms with E-state index in [9.17, 15) is 0 Å². The van der Waals surface area contributed by atoms with Gasteiger partial charge in [0.05, 0.1) is 5.69 Å². The second kappa shape index (κ2) is 5.78. The molecule has 3 rings (SSSR count). The summed E-state index contributed by atoms with van der Waals surface area (Å²) in [5.41, 5.74) is 2.98. The van der Waals surface area contributed by atoms with E-state index >= 15 is 0 Å². The molecule has 1 heteroatoms. The Hall–Kier alpha value is -1.63. The zero-order valence-electron chi connectivity index (χ0n) is 20.2. The Morgan fingerprint density at radius 3 is 2.26 bits per heavy atom. The van der Waals surface area contributed by atoms with Gasteiger partial charge in [-0.1, -0.05) is 50.6 Å². The van der Waals surface area contributed by atoms with Gasteiger partial charge in [-0.2, -0.15) is 0 Å². The summed E-state index contributed by atoms with van der Waals surface area (Å²) in [7, 11) is 0. The van der Waals surface area contributed by atoms with Crippen LogP contribution in [0.15, 0.2) is 36.5 Å². The van der Waals surface area contributed by atoms with E-state index in [1.165, 1.54) is 6.20 Å². The average Bonchev–Trinajstić information content (AvgIpc) is 2.63. The Morgan fingerprint density at radius 1 is 0.957 bits per heavy atom. The number of benzene rings is 1. The van der Waals surface area contributed by atoms with Gasteiger partial charge in [0.25, 0.3) is 0 Å². The first-order chi connectivity index (χ1) is 13.2. The maximum absolute atomic E-state index is 8.00. The van der Waals surface area contributed by atoms with Crippen LogP contribution in [0, 0.1) is 19.1 Å². The molecule has 1 aliphatic carbocycles. The van der Waals surface area contributed by atoms with E-state index in [4.69, 9.17) is 8.22 Å². The van der Waals surface area contributed by atoms with Gasteiger partial charge in [0.2, 0.25) is 0 Å². The standard InChI is InChI=1S/C22H29N/c1-16-6-8-18(9-7-16)20-14-19(17(2)15-23-20)22(5)12-10-21(3,4)11-13-22/h6-9,14-15H,10-13H2,1-5H3/i1D3,2D3. The van der Waals surface area contributed by atoms with Crippen molar-refractivity contribution in [2.24, 2.45) is 5.41 Å². The lowest BCUT2D eigenvalue weighted by Gasteiger charge is -2.42. The lowest BCUT2D eigenvalue weighted by atomic mass is 9.63. The molecule has 0 atom stereocenters. The van der Waals surface area contributed by atoms with Crippen molar-refractivity contribution < 1.29 is 8.22 Å². The molecule has 23 heavy (non-hydrogen) atoms. The number of aryl methyl sites for hydroxylation is 2. The highest BCUT2D eigenvalue weighted by Crippen LogP contribution is 2.47. The number of hydrogen-bond donors (Lipinski definition) is 0. The summed E-state index contributed by atoms with van der Waals surface area (Å²) in [6.45, 7) is 2.32. The third kappa shape index (κ3) is 3.34. The molecule has 1 saturated carbocycles. The predicted molar refractivity (Wildman–Crippen MR) is 98.7 cm³/mol. The second-order valence-electron chi connectivity index (χ2n) is 7.92. The number of aromatic nitrogens is 1. The summed E-state index contributed by atoms with van der Waals surface area (Å²) in [4.78, 5) is 4.42. The van der Waals surface area contributed by atoms with Gasteiger partial charge >= 0.3 is 0 Å². The van der Waals surface area contributed by atoms with Crippen molar-refractivity contribution in [1.29, 1.82) is 0 Å². The summed E-state index contributed by atoms with van der Waals surface area (Å²) >= 11 is 0. The molecule has 0 aliphatic heterocycles. The van der Waals surface area contributed by atoms with E-state index in [0.717, 1.165) is 36.8 Å². The molecule has 0 N–H and O–H groups in total. The summed E-state index contributed by atoms with van der Waals surface area (Å²) in [6, 6.07) is 8.58. The summed E-state index contributed by atoms with van der Waals surface area (Å²) in [5.74, 6) is 0. The van der Waals surface area contributed by atoms with E-state index in [0.29, 0.717) is 11.3 Å². The summed E-state index contributed by atoms with van der Waals surface area (Å²) in [5, 5.41) is 0. The summed E-state index contributed by atoms with van der Waals surface area (Å²) in [6.07, 6.45) is 5.46. The van der Waals surface area contributed by atoms with Gasteiger partial charge in [0, 0.05) is 20.0 Å². The molecule has 1 nitrogen and oxygen atoms in total. The minimum atomic E-state index is -2.22. The molecule has 1 aromatic carbocycles. The third-order valence-corrected chi connectivity index (χ3v) is 5.44. The highest BCUT2D eigenvalue weighted by Gasteiger charge is 2.37. The van der Waals surface area contributed by atoms with Gasteiger partial charge in [-0.25, -0.2) is 0 Å². The molecular weight excluding hydrogens is 278 g/mol. The number of rotatable bonds is 2. The van der Waals surface area contributed by atoms with Crippen LogP contribution < -0.4 is 0 Å². The Morgan fingerprint density at radius 2 is 1.65 bits per heavy atom. The first kappa shape index (κ1) is 10.3. The molecule has 0 radical (unpaired) electrons. The van der Waals surface area contributed by atoms with E-state index in [2.05, 4.69) is 25.8 Å². The molecule has 0 saturated heterocycles. The van der Waals surface area contributed by atoms with Gasteiger partial charge in [0.1, 0.15) is 0 Å². The van der Waals surface area contributed by atoms with Crippen LogP contribution in [0.4, 0.5) is 0 Å². The third-order valence-electron chi connectivity index (χ3n) is 5.44. The Bertz CT molecular complexity index is 868. The van der Waals surface area contributed by atoms with E-state index in [1.54, 1.807) is 24.3 Å². The van der Waals surface area contributed by atoms with Crippen LogP contribution >= 0.6 is 0 Å². The molecule has 1 heterocycles. The van der Waals surface area contributed by atoms with Crippen molar-refractivity contribution in [1.82, 2.24) is 4.98 Å². The van der Waals surface area contributed by atoms with Crippen LogP contribution in [-0.2, 0) is 5.41 Å². The van der Waals surface area contributed by atoms with Crippen molar-refractivity contribution in [2.45, 2.75) is 65.6 Å². The van der Waals surface area contributed by atoms with Crippen LogP contribution in [0.1, 0.15) is 71.4 Å². The minimum Gasteiger partial charge on any atom is -0.256 e. The fourth-order valence-corrected chi connectivity index (χ4v) is 3.50. The molecule has 1 aliphatic rings. The zero-order chi connectivity index (χ0) is 21.7. The maximum Gasteiger partial charge on any atom is 0.0705 e. The molecule has 0 amide bonds. The average molecular weight is 314 g/mol. The highest BCUT2D eigenvalue weighted by molar-refractivity contribution is 5.61. The largest absolute Gasteiger partial charge is 0.256 e. The minimum absolute atomic E-state index is 0.213. The Kier molecular flexibility index (Phi) is 2.58. The van der Waals surface area contributed by atoms with Gasteiger partial charge in [-0.3, -0.25) is 4.98 Å². The van der Waals surface area contributed by atoms with Gasteiger partial charge in [-0.05, 0) is 67.4 Å². The Labute approximate surface area is 149 Å². The topological polar surface area (TPSA) is 12.9 Å². The number of hydrogen-bond acceptors (Lipinski definition) is 1. The van der Waals surface area contributed by atoms with Crippen molar-refractivity contribution in [3.05, 3.63) is 53.2 Å². The van der Waals surface area contributed by atoms with Crippen molar-refractivity contribution >= 4 is 0 Å². The molecular formula is C22H29N. The molecule has 122 valence electrons. The first-order valence-electron chi connectivity index (χ1n) is 11.3. The molecule has 0 spiro atoms. The molecule has 1 fully saturated rings. The molecule has 1 aromatic heterocycles. The molecule has 2 aromatic rings. The fraction of sp³-hybridized carbons (Fsp3) is 0.500. The quantitative estimate of drug-likeness (QED) is 0.641. The number of pyridine rings is 1. The van der Waals surface area contributed by atoms with Crippen molar-refractivity contribution in [2.75, 3.05) is 0 Å². The van der Waals surface area contributed by atoms with E-state index in [-0.39, 0.29) is 16.4 Å². The fourth-order valence-electron chi connectivity index (χ4n) is 3.50. The van der Waals surface area contributed by atoms with Crippen molar-refractivity contribution in [3.63, 3.8) is 0 Å². The molecule has 0 bridgehead atoms. The highest BCUT2D eigenvalue weighted by atomic mass is 14.7. The first-order valence-corrected chi connectivity index (χ1v) is 8.33. The monoisotopic (exact) mass is 313 g/mol. The Balaban J connectivity index is 2.05. The van der Waals surface area contributed by atoms with Crippen LogP contribution in [0.5, 0.6) is 0 Å². The van der Waals surface area contributed by atoms with Crippen LogP contribution in [0.3, 0.4) is 0 Å². The van der Waals surface area contributed by atoms with Crippen LogP contribution in [0.2, 0.25) is 0 Å². The van der Waals surface area contributed by atoms with E-state index < -0.39 is 13.7 Å². The normalized spacial score (nSPS) is 24.5. The van der Waals surface area contributed by atoms with Gasteiger partial charge < -0.3 is 0 Å².